The Morgan fingerprint density at radius 2 is 1.91 bits per heavy atom. The molecule has 3 aliphatic rings. The van der Waals surface area contributed by atoms with Crippen molar-refractivity contribution in [3.8, 4) is 0 Å². The van der Waals surface area contributed by atoms with E-state index in [1.54, 1.807) is 12.1 Å². The lowest BCUT2D eigenvalue weighted by Crippen LogP contribution is -2.43. The van der Waals surface area contributed by atoms with Crippen molar-refractivity contribution in [2.75, 3.05) is 33.3 Å². The van der Waals surface area contributed by atoms with E-state index in [2.05, 4.69) is 15.9 Å². The highest BCUT2D eigenvalue weighted by atomic mass is 35.5. The van der Waals surface area contributed by atoms with E-state index in [0.29, 0.717) is 18.5 Å². The molecule has 0 aromatic heterocycles. The largest absolute Gasteiger partial charge is 0.469 e. The van der Waals surface area contributed by atoms with Crippen LogP contribution in [0.1, 0.15) is 50.1 Å². The van der Waals surface area contributed by atoms with Gasteiger partial charge in [0.25, 0.3) is 0 Å². The van der Waals surface area contributed by atoms with Gasteiger partial charge in [0.05, 0.1) is 19.6 Å². The molecule has 2 aliphatic heterocycles. The van der Waals surface area contributed by atoms with Crippen LogP contribution in [0, 0.1) is 11.7 Å². The molecule has 4 rings (SSSR count). The lowest BCUT2D eigenvalue weighted by Gasteiger charge is -2.38. The van der Waals surface area contributed by atoms with E-state index in [4.69, 9.17) is 17.4 Å². The number of carbonyl (C=O) groups excluding carboxylic acids is 2. The minimum atomic E-state index is -0.535. The fraction of sp³-hybridized carbons (Fsp3) is 0.600. The number of esters is 1. The smallest absolute Gasteiger partial charge is 0.307 e. The molecule has 5 nitrogen and oxygen atoms in total. The van der Waals surface area contributed by atoms with Gasteiger partial charge in [-0.1, -0.05) is 24.3 Å². The minimum absolute atomic E-state index is 0. The first-order valence-electron chi connectivity index (χ1n) is 11.7. The topological polar surface area (TPSA) is 49.9 Å². The number of carbonyl (C=O) groups is 2. The molecule has 0 bridgehead atoms. The normalized spacial score (nSPS) is 25.3. The monoisotopic (exact) mass is 532 g/mol. The van der Waals surface area contributed by atoms with E-state index >= 15 is 0 Å². The number of likely N-dealkylation sites (tertiary alicyclic amines) is 2. The number of hydrogen-bond acceptors (Lipinski definition) is 6. The van der Waals surface area contributed by atoms with E-state index in [-0.39, 0.29) is 59.6 Å². The van der Waals surface area contributed by atoms with Gasteiger partial charge in [0, 0.05) is 42.4 Å². The first-order valence-corrected chi connectivity index (χ1v) is 12.2. The number of piperidine rings is 1. The van der Waals surface area contributed by atoms with Crippen molar-refractivity contribution in [3.05, 3.63) is 47.3 Å². The molecule has 0 amide bonds. The molecule has 1 aromatic rings. The standard InChI is InChI=1S/C25H33FN2O3S.2ClH/c1-31-23(29)15-19-5-4-12-27(19)13-10-18-16-28(14-11-22(18)32)24(25(30)17-8-9-17)20-6-2-3-7-21(20)26;;/h2-3,6-7,10,17,19,22,24,32H,4-5,8-9,11-16H2,1H3;2*1H/b18-10+;;/t19-,22?,24?;;/m0../s1. The maximum absolute atomic E-state index is 14.7. The van der Waals surface area contributed by atoms with E-state index in [1.807, 2.05) is 6.07 Å². The zero-order valence-electron chi connectivity index (χ0n) is 19.5. The van der Waals surface area contributed by atoms with Gasteiger partial charge in [0.15, 0.2) is 5.78 Å². The van der Waals surface area contributed by atoms with Crippen molar-refractivity contribution in [2.24, 2.45) is 5.92 Å². The first kappa shape index (κ1) is 29.1. The van der Waals surface area contributed by atoms with Crippen LogP contribution >= 0.6 is 37.4 Å². The van der Waals surface area contributed by atoms with Gasteiger partial charge in [-0.3, -0.25) is 19.4 Å². The number of nitrogens with zero attached hydrogens (tertiary/aromatic N) is 2. The molecular weight excluding hydrogens is 498 g/mol. The quantitative estimate of drug-likeness (QED) is 0.300. The maximum Gasteiger partial charge on any atom is 0.307 e. The van der Waals surface area contributed by atoms with Crippen LogP contribution in [-0.2, 0) is 14.3 Å². The predicted molar refractivity (Wildman–Crippen MR) is 140 cm³/mol. The van der Waals surface area contributed by atoms with Crippen LogP contribution in [0.5, 0.6) is 0 Å². The highest BCUT2D eigenvalue weighted by Gasteiger charge is 2.41. The van der Waals surface area contributed by atoms with Gasteiger partial charge < -0.3 is 4.74 Å². The number of halogens is 3. The molecule has 0 N–H and O–H groups in total. The third-order valence-corrected chi connectivity index (χ3v) is 7.62. The first-order chi connectivity index (χ1) is 15.5. The molecule has 1 aromatic carbocycles. The Bertz CT molecular complexity index is 883. The molecule has 2 heterocycles. The molecule has 9 heteroatoms. The van der Waals surface area contributed by atoms with Crippen LogP contribution < -0.4 is 0 Å². The number of hydrogen-bond donors (Lipinski definition) is 1. The summed E-state index contributed by atoms with van der Waals surface area (Å²) >= 11 is 4.80. The van der Waals surface area contributed by atoms with Gasteiger partial charge in [0.1, 0.15) is 5.82 Å². The Hall–Kier alpha value is -1.12. The molecule has 34 heavy (non-hydrogen) atoms. The zero-order valence-corrected chi connectivity index (χ0v) is 22.1. The summed E-state index contributed by atoms with van der Waals surface area (Å²) in [6.45, 7) is 3.05. The van der Waals surface area contributed by atoms with Crippen molar-refractivity contribution in [1.82, 2.24) is 9.80 Å². The number of thiol groups is 1. The number of Topliss-reactive ketones (excluding diaryl/α,β-unsaturated/α-hetero) is 1. The predicted octanol–water partition coefficient (Wildman–Crippen LogP) is 4.65. The van der Waals surface area contributed by atoms with E-state index in [1.165, 1.54) is 18.7 Å². The van der Waals surface area contributed by atoms with Gasteiger partial charge in [-0.15, -0.1) is 24.8 Å². The Labute approximate surface area is 219 Å². The van der Waals surface area contributed by atoms with Crippen molar-refractivity contribution >= 4 is 49.2 Å². The minimum Gasteiger partial charge on any atom is -0.469 e. The Kier molecular flexibility index (Phi) is 11.4. The molecule has 2 unspecified atom stereocenters. The average Bonchev–Trinajstić information content (AvgIpc) is 3.55. The second kappa shape index (κ2) is 13.3. The van der Waals surface area contributed by atoms with Crippen LogP contribution in [0.4, 0.5) is 4.39 Å². The Balaban J connectivity index is 0.00000204. The molecule has 3 atom stereocenters. The summed E-state index contributed by atoms with van der Waals surface area (Å²) < 4.78 is 19.5. The summed E-state index contributed by atoms with van der Waals surface area (Å²) in [4.78, 5) is 29.4. The van der Waals surface area contributed by atoms with Crippen LogP contribution in [0.15, 0.2) is 35.9 Å². The number of ether oxygens (including phenoxy) is 1. The van der Waals surface area contributed by atoms with Gasteiger partial charge in [-0.25, -0.2) is 4.39 Å². The molecule has 3 fully saturated rings. The van der Waals surface area contributed by atoms with Gasteiger partial charge in [-0.05, 0) is 50.3 Å². The van der Waals surface area contributed by atoms with E-state index in [0.717, 1.165) is 51.7 Å². The van der Waals surface area contributed by atoms with Crippen LogP contribution in [0.25, 0.3) is 0 Å². The molecule has 2 saturated heterocycles. The lowest BCUT2D eigenvalue weighted by molar-refractivity contribution is -0.141. The second-order valence-corrected chi connectivity index (χ2v) is 9.85. The van der Waals surface area contributed by atoms with Crippen molar-refractivity contribution in [1.29, 1.82) is 0 Å². The summed E-state index contributed by atoms with van der Waals surface area (Å²) in [5, 5.41) is 0.130. The van der Waals surface area contributed by atoms with Gasteiger partial charge in [-0.2, -0.15) is 12.6 Å². The van der Waals surface area contributed by atoms with Gasteiger partial charge >= 0.3 is 5.97 Å². The SMILES string of the molecule is COC(=O)C[C@@H]1CCCN1C/C=C1\CN(C(C(=O)C2CC2)c2ccccc2F)CCC1S.Cl.Cl. The van der Waals surface area contributed by atoms with Crippen LogP contribution in [-0.4, -0.2) is 66.1 Å². The van der Waals surface area contributed by atoms with E-state index < -0.39 is 6.04 Å². The van der Waals surface area contributed by atoms with Crippen molar-refractivity contribution in [2.45, 2.75) is 55.9 Å². The molecule has 1 saturated carbocycles. The second-order valence-electron chi connectivity index (χ2n) is 9.23. The summed E-state index contributed by atoms with van der Waals surface area (Å²) in [5.74, 6) is -0.279. The van der Waals surface area contributed by atoms with Crippen molar-refractivity contribution < 1.29 is 18.7 Å². The molecular formula is C25H35Cl2FN2O3S. The average molecular weight is 534 g/mol. The number of ketones is 1. The molecule has 0 spiro atoms. The Morgan fingerprint density at radius 3 is 2.59 bits per heavy atom. The lowest BCUT2D eigenvalue weighted by atomic mass is 9.93. The van der Waals surface area contributed by atoms with E-state index in [9.17, 15) is 14.0 Å². The van der Waals surface area contributed by atoms with Crippen LogP contribution in [0.3, 0.4) is 0 Å². The Morgan fingerprint density at radius 1 is 1.18 bits per heavy atom. The fourth-order valence-electron chi connectivity index (χ4n) is 5.01. The number of rotatable bonds is 8. The van der Waals surface area contributed by atoms with Gasteiger partial charge in [0.2, 0.25) is 0 Å². The summed E-state index contributed by atoms with van der Waals surface area (Å²) in [6.07, 6.45) is 7.34. The number of methoxy groups -OCH3 is 1. The third kappa shape index (κ3) is 6.97. The summed E-state index contributed by atoms with van der Waals surface area (Å²) in [5.41, 5.74) is 1.66. The summed E-state index contributed by atoms with van der Waals surface area (Å²) in [7, 11) is 1.43. The highest BCUT2D eigenvalue weighted by Crippen LogP contribution is 2.39. The molecule has 190 valence electrons. The third-order valence-electron chi connectivity index (χ3n) is 7.03. The molecule has 1 aliphatic carbocycles. The number of benzene rings is 1. The maximum atomic E-state index is 14.7. The molecule has 0 radical (unpaired) electrons. The van der Waals surface area contributed by atoms with Crippen molar-refractivity contribution in [3.63, 3.8) is 0 Å². The van der Waals surface area contributed by atoms with Crippen LogP contribution in [0.2, 0.25) is 0 Å². The fourth-order valence-corrected chi connectivity index (χ4v) is 5.31. The highest BCUT2D eigenvalue weighted by molar-refractivity contribution is 7.81. The zero-order chi connectivity index (χ0) is 22.7. The summed E-state index contributed by atoms with van der Waals surface area (Å²) in [6, 6.07) is 6.34.